The van der Waals surface area contributed by atoms with E-state index in [1.165, 1.54) is 9.80 Å². The van der Waals surface area contributed by atoms with E-state index in [2.05, 4.69) is 0 Å². The highest BCUT2D eigenvalue weighted by atomic mass is 19.1. The van der Waals surface area contributed by atoms with Crippen LogP contribution in [0.4, 0.5) is 26.2 Å². The zero-order chi connectivity index (χ0) is 34.3. The molecule has 0 aliphatic carbocycles. The van der Waals surface area contributed by atoms with Crippen LogP contribution in [-0.4, -0.2) is 61.3 Å². The number of anilines is 3. The summed E-state index contributed by atoms with van der Waals surface area (Å²) in [6.45, 7) is 6.31. The van der Waals surface area contributed by atoms with E-state index in [1.54, 1.807) is 33.9 Å². The molecule has 5 rings (SSSR count). The smallest absolute Gasteiger partial charge is 0.410 e. The third-order valence-corrected chi connectivity index (χ3v) is 8.14. The molecule has 4 aromatic rings. The van der Waals surface area contributed by atoms with Gasteiger partial charge in [-0.3, -0.25) is 4.79 Å². The van der Waals surface area contributed by atoms with Crippen LogP contribution in [-0.2, 0) is 22.7 Å². The van der Waals surface area contributed by atoms with E-state index < -0.39 is 23.8 Å². The molecule has 10 heteroatoms. The lowest BCUT2D eigenvalue weighted by molar-refractivity contribution is -0.107. The summed E-state index contributed by atoms with van der Waals surface area (Å²) in [6, 6.07) is 28.9. The van der Waals surface area contributed by atoms with E-state index in [0.717, 1.165) is 23.1 Å². The zero-order valence-corrected chi connectivity index (χ0v) is 28.1. The topological polar surface area (TPSA) is 84.4 Å². The van der Waals surface area contributed by atoms with Gasteiger partial charge in [0.05, 0.1) is 17.9 Å². The normalized spacial score (nSPS) is 16.2. The second-order valence-corrected chi connectivity index (χ2v) is 12.9. The summed E-state index contributed by atoms with van der Waals surface area (Å²) >= 11 is 0. The molecule has 0 bridgehead atoms. The molecule has 0 radical (unpaired) electrons. The van der Waals surface area contributed by atoms with Crippen molar-refractivity contribution in [1.82, 2.24) is 9.88 Å². The van der Waals surface area contributed by atoms with Crippen molar-refractivity contribution in [2.24, 2.45) is 0 Å². The van der Waals surface area contributed by atoms with Gasteiger partial charge in [-0.15, -0.1) is 0 Å². The number of hydrogen-bond acceptors (Lipinski definition) is 7. The number of carbonyl (C=O) groups is 2. The van der Waals surface area contributed by atoms with Crippen molar-refractivity contribution in [1.29, 1.82) is 0 Å². The lowest BCUT2D eigenvalue weighted by atomic mass is 9.87. The minimum absolute atomic E-state index is 0.0629. The number of rotatable bonds is 11. The number of halogens is 1. The predicted molar refractivity (Wildman–Crippen MR) is 185 cm³/mol. The summed E-state index contributed by atoms with van der Waals surface area (Å²) in [5.74, 6) is 0.315. The van der Waals surface area contributed by atoms with Gasteiger partial charge in [-0.2, -0.15) is 4.98 Å². The summed E-state index contributed by atoms with van der Waals surface area (Å²) in [5.41, 5.74) is 4.01. The van der Waals surface area contributed by atoms with E-state index in [1.807, 2.05) is 96.9 Å². The van der Waals surface area contributed by atoms with Crippen LogP contribution in [0.1, 0.15) is 49.8 Å². The summed E-state index contributed by atoms with van der Waals surface area (Å²) in [7, 11) is 3.53. The summed E-state index contributed by atoms with van der Waals surface area (Å²) < 4.78 is 33.4. The minimum atomic E-state index is -1.30. The van der Waals surface area contributed by atoms with Crippen LogP contribution in [0.2, 0.25) is 0 Å². The van der Waals surface area contributed by atoms with Gasteiger partial charge in [-0.05, 0) is 62.1 Å². The van der Waals surface area contributed by atoms with Crippen LogP contribution >= 0.6 is 0 Å². The quantitative estimate of drug-likeness (QED) is 0.154. The van der Waals surface area contributed by atoms with Gasteiger partial charge in [0, 0.05) is 32.6 Å². The van der Waals surface area contributed by atoms with Crippen molar-refractivity contribution in [3.05, 3.63) is 108 Å². The molecule has 1 aliphatic heterocycles. The fourth-order valence-electron chi connectivity index (χ4n) is 5.61. The van der Waals surface area contributed by atoms with Crippen molar-refractivity contribution < 1.29 is 28.2 Å². The number of ether oxygens (including phenoxy) is 3. The molecule has 3 aromatic carbocycles. The highest BCUT2D eigenvalue weighted by molar-refractivity contribution is 5.87. The largest absolute Gasteiger partial charge is 0.473 e. The molecule has 1 aromatic heterocycles. The second-order valence-electron chi connectivity index (χ2n) is 12.9. The second kappa shape index (κ2) is 15.2. The van der Waals surface area contributed by atoms with Crippen LogP contribution in [0.3, 0.4) is 0 Å². The molecule has 0 N–H and O–H groups in total. The molecule has 0 spiro atoms. The maximum Gasteiger partial charge on any atom is 0.410 e. The molecule has 0 saturated carbocycles. The minimum Gasteiger partial charge on any atom is -0.473 e. The molecule has 2 amide bonds. The van der Waals surface area contributed by atoms with Gasteiger partial charge >= 0.3 is 6.09 Å². The molecule has 48 heavy (non-hydrogen) atoms. The van der Waals surface area contributed by atoms with Gasteiger partial charge < -0.3 is 28.9 Å². The number of benzene rings is 3. The Balaban J connectivity index is 1.41. The zero-order valence-electron chi connectivity index (χ0n) is 28.1. The number of hydrogen-bond donors (Lipinski definition) is 0. The van der Waals surface area contributed by atoms with E-state index in [9.17, 15) is 9.59 Å². The Labute approximate surface area is 281 Å². The van der Waals surface area contributed by atoms with Crippen molar-refractivity contribution in [2.45, 2.75) is 58.1 Å². The summed E-state index contributed by atoms with van der Waals surface area (Å²) in [4.78, 5) is 34.2. The monoisotopic (exact) mass is 654 g/mol. The van der Waals surface area contributed by atoms with Crippen LogP contribution in [0.25, 0.3) is 0 Å². The van der Waals surface area contributed by atoms with Gasteiger partial charge in [0.2, 0.25) is 18.2 Å². The van der Waals surface area contributed by atoms with Gasteiger partial charge in [0.1, 0.15) is 30.7 Å². The van der Waals surface area contributed by atoms with Gasteiger partial charge in [0.25, 0.3) is 0 Å². The predicted octanol–water partition coefficient (Wildman–Crippen LogP) is 7.66. The number of pyridine rings is 1. The lowest BCUT2D eigenvalue weighted by Crippen LogP contribution is -2.46. The average Bonchev–Trinajstić information content (AvgIpc) is 3.09. The average molecular weight is 655 g/mol. The van der Waals surface area contributed by atoms with Gasteiger partial charge in [-0.1, -0.05) is 66.7 Å². The molecular formula is C38H43FN4O5. The molecule has 2 unspecified atom stereocenters. The Morgan fingerprint density at radius 2 is 1.52 bits per heavy atom. The third-order valence-electron chi connectivity index (χ3n) is 8.14. The maximum absolute atomic E-state index is 15.6. The number of alkyl halides is 1. The van der Waals surface area contributed by atoms with Crippen molar-refractivity contribution in [3.8, 4) is 11.8 Å². The molecule has 9 nitrogen and oxygen atoms in total. The first kappa shape index (κ1) is 34.2. The lowest BCUT2D eigenvalue weighted by Gasteiger charge is -2.36. The number of nitrogens with zero attached hydrogens (tertiary/aromatic N) is 4. The SMILES string of the molecule is CN(C=O)c1cc(C2CCN(C(=O)OC(C)(C)C)CC2F)ccc1N(C)c1ccc(OCc2ccccc2)nc1OCc1ccccc1. The van der Waals surface area contributed by atoms with Crippen LogP contribution < -0.4 is 19.3 Å². The first-order valence-electron chi connectivity index (χ1n) is 16.0. The van der Waals surface area contributed by atoms with Crippen LogP contribution in [0.5, 0.6) is 11.8 Å². The molecule has 1 saturated heterocycles. The van der Waals surface area contributed by atoms with E-state index in [-0.39, 0.29) is 13.2 Å². The first-order chi connectivity index (χ1) is 23.0. The first-order valence-corrected chi connectivity index (χ1v) is 16.0. The van der Waals surface area contributed by atoms with Crippen LogP contribution in [0, 0.1) is 0 Å². The van der Waals surface area contributed by atoms with Crippen molar-refractivity contribution >= 4 is 29.6 Å². The Hall–Kier alpha value is -5.12. The standard InChI is InChI=1S/C38H43FN4O5/c1-38(2,3)48-37(45)43-21-20-30(31(39)23-43)29-16-17-32(34(22-29)41(4)26-44)42(5)33-18-19-35(46-24-27-12-8-6-9-13-27)40-36(33)47-25-28-14-10-7-11-15-28/h6-19,22,26,30-31H,20-21,23-25H2,1-5H3. The number of carbonyl (C=O) groups excluding carboxylic acids is 2. The fourth-order valence-corrected chi connectivity index (χ4v) is 5.61. The Kier molecular flexibility index (Phi) is 10.8. The van der Waals surface area contributed by atoms with E-state index in [4.69, 9.17) is 19.2 Å². The number of amides is 2. The number of likely N-dealkylation sites (tertiary alicyclic amines) is 1. The fraction of sp³-hybridized carbons (Fsp3) is 0.342. The molecule has 1 fully saturated rings. The molecule has 2 atom stereocenters. The third kappa shape index (κ3) is 8.61. The van der Waals surface area contributed by atoms with Gasteiger partial charge in [-0.25, -0.2) is 9.18 Å². The van der Waals surface area contributed by atoms with Crippen LogP contribution in [0.15, 0.2) is 91.0 Å². The molecular weight excluding hydrogens is 611 g/mol. The van der Waals surface area contributed by atoms with E-state index >= 15 is 4.39 Å². The Bertz CT molecular complexity index is 1680. The maximum atomic E-state index is 15.6. The van der Waals surface area contributed by atoms with E-state index in [0.29, 0.717) is 48.4 Å². The van der Waals surface area contributed by atoms with Crippen molar-refractivity contribution in [3.63, 3.8) is 0 Å². The molecule has 252 valence electrons. The highest BCUT2D eigenvalue weighted by Crippen LogP contribution is 2.41. The van der Waals surface area contributed by atoms with Gasteiger partial charge in [0.15, 0.2) is 0 Å². The number of piperidine rings is 1. The summed E-state index contributed by atoms with van der Waals surface area (Å²) in [6.07, 6.45) is -0.668. The molecule has 2 heterocycles. The Morgan fingerprint density at radius 3 is 2.12 bits per heavy atom. The number of aromatic nitrogens is 1. The molecule has 1 aliphatic rings. The highest BCUT2D eigenvalue weighted by Gasteiger charge is 2.35. The Morgan fingerprint density at radius 1 is 0.896 bits per heavy atom. The summed E-state index contributed by atoms with van der Waals surface area (Å²) in [5, 5.41) is 0. The van der Waals surface area contributed by atoms with Crippen molar-refractivity contribution in [2.75, 3.05) is 37.0 Å².